The molecule has 1 N–H and O–H groups in total. The Morgan fingerprint density at radius 3 is 3.10 bits per heavy atom. The smallest absolute Gasteiger partial charge is 0.193 e. The summed E-state index contributed by atoms with van der Waals surface area (Å²) < 4.78 is 2.08. The third-order valence-corrected chi connectivity index (χ3v) is 4.16. The van der Waals surface area contributed by atoms with E-state index in [2.05, 4.69) is 51.2 Å². The molecule has 20 heavy (non-hydrogen) atoms. The average Bonchev–Trinajstić information content (AvgIpc) is 3.00. The fourth-order valence-electron chi connectivity index (χ4n) is 2.46. The van der Waals surface area contributed by atoms with E-state index in [1.807, 2.05) is 18.5 Å². The van der Waals surface area contributed by atoms with Gasteiger partial charge in [0, 0.05) is 30.4 Å². The van der Waals surface area contributed by atoms with Crippen molar-refractivity contribution in [2.24, 2.45) is 0 Å². The molecule has 0 fully saturated rings. The summed E-state index contributed by atoms with van der Waals surface area (Å²) in [6.45, 7) is 5.15. The van der Waals surface area contributed by atoms with Gasteiger partial charge in [-0.1, -0.05) is 13.0 Å². The number of pyridine rings is 1. The van der Waals surface area contributed by atoms with E-state index in [4.69, 9.17) is 0 Å². The van der Waals surface area contributed by atoms with Crippen molar-refractivity contribution in [2.75, 3.05) is 6.54 Å². The largest absolute Gasteiger partial charge is 0.309 e. The number of aromatic nitrogens is 3. The summed E-state index contributed by atoms with van der Waals surface area (Å²) >= 11 is 1.66. The molecule has 5 heteroatoms. The second-order valence-electron chi connectivity index (χ2n) is 4.85. The van der Waals surface area contributed by atoms with Crippen molar-refractivity contribution in [1.82, 2.24) is 19.7 Å². The molecular formula is C15H18N4S. The molecule has 3 rings (SSSR count). The van der Waals surface area contributed by atoms with Crippen molar-refractivity contribution in [3.05, 3.63) is 53.1 Å². The number of likely N-dealkylation sites (N-methyl/N-ethyl adjacent to an activating group) is 1. The second kappa shape index (κ2) is 5.73. The molecule has 0 saturated heterocycles. The second-order valence-corrected chi connectivity index (χ2v) is 5.72. The van der Waals surface area contributed by atoms with Gasteiger partial charge in [-0.3, -0.25) is 9.38 Å². The van der Waals surface area contributed by atoms with E-state index in [0.29, 0.717) is 0 Å². The van der Waals surface area contributed by atoms with E-state index in [1.54, 1.807) is 11.3 Å². The predicted molar refractivity (Wildman–Crippen MR) is 82.2 cm³/mol. The van der Waals surface area contributed by atoms with Crippen LogP contribution in [0.25, 0.3) is 4.96 Å². The molecule has 0 aliphatic rings. The van der Waals surface area contributed by atoms with E-state index in [1.165, 1.54) is 5.56 Å². The molecule has 0 aromatic carbocycles. The molecule has 0 aliphatic heterocycles. The zero-order valence-electron chi connectivity index (χ0n) is 11.7. The van der Waals surface area contributed by atoms with Crippen LogP contribution in [-0.4, -0.2) is 20.9 Å². The fourth-order valence-corrected chi connectivity index (χ4v) is 3.18. The van der Waals surface area contributed by atoms with Gasteiger partial charge in [0.05, 0.1) is 17.4 Å². The number of nitrogens with zero attached hydrogens (tertiary/aromatic N) is 3. The number of hydrogen-bond acceptors (Lipinski definition) is 4. The van der Waals surface area contributed by atoms with E-state index in [9.17, 15) is 0 Å². The van der Waals surface area contributed by atoms with Crippen molar-refractivity contribution >= 4 is 16.3 Å². The molecule has 0 amide bonds. The minimum atomic E-state index is 0.214. The molecule has 0 radical (unpaired) electrons. The van der Waals surface area contributed by atoms with E-state index in [-0.39, 0.29) is 6.04 Å². The van der Waals surface area contributed by atoms with Gasteiger partial charge in [-0.15, -0.1) is 11.3 Å². The van der Waals surface area contributed by atoms with Crippen LogP contribution in [0.3, 0.4) is 0 Å². The molecular weight excluding hydrogens is 268 g/mol. The van der Waals surface area contributed by atoms with Crippen molar-refractivity contribution in [3.63, 3.8) is 0 Å². The van der Waals surface area contributed by atoms with Gasteiger partial charge in [0.15, 0.2) is 4.96 Å². The van der Waals surface area contributed by atoms with Gasteiger partial charge in [0.1, 0.15) is 0 Å². The highest BCUT2D eigenvalue weighted by Crippen LogP contribution is 2.20. The molecule has 104 valence electrons. The molecule has 3 heterocycles. The number of rotatable bonds is 5. The Kier molecular flexibility index (Phi) is 3.80. The lowest BCUT2D eigenvalue weighted by Gasteiger charge is -2.18. The summed E-state index contributed by atoms with van der Waals surface area (Å²) in [7, 11) is 0. The number of hydrogen-bond donors (Lipinski definition) is 1. The first-order valence-electron chi connectivity index (χ1n) is 6.84. The maximum absolute atomic E-state index is 4.66. The number of thiazole rings is 1. The summed E-state index contributed by atoms with van der Waals surface area (Å²) in [5.41, 5.74) is 3.44. The van der Waals surface area contributed by atoms with Gasteiger partial charge in [0.2, 0.25) is 0 Å². The summed E-state index contributed by atoms with van der Waals surface area (Å²) in [6, 6.07) is 4.30. The summed E-state index contributed by atoms with van der Waals surface area (Å²) in [5.74, 6) is 0. The van der Waals surface area contributed by atoms with Gasteiger partial charge in [-0.25, -0.2) is 4.98 Å². The van der Waals surface area contributed by atoms with Gasteiger partial charge in [0.25, 0.3) is 0 Å². The summed E-state index contributed by atoms with van der Waals surface area (Å²) in [4.78, 5) is 10.3. The van der Waals surface area contributed by atoms with Crippen molar-refractivity contribution in [3.8, 4) is 0 Å². The number of aryl methyl sites for hydroxylation is 1. The average molecular weight is 286 g/mol. The first-order chi connectivity index (χ1) is 9.78. The Bertz CT molecular complexity index is 672. The summed E-state index contributed by atoms with van der Waals surface area (Å²) in [5, 5.41) is 5.57. The normalized spacial score (nSPS) is 12.9. The van der Waals surface area contributed by atoms with E-state index >= 15 is 0 Å². The van der Waals surface area contributed by atoms with Crippen molar-refractivity contribution in [2.45, 2.75) is 26.3 Å². The molecule has 4 nitrogen and oxygen atoms in total. The molecule has 3 aromatic heterocycles. The first kappa shape index (κ1) is 13.3. The standard InChI is InChI=1S/C15H18N4S/c1-3-16-13(14-11(2)5-4-6-17-14)9-12-10-19-7-8-20-15(19)18-12/h4-8,10,13,16H,3,9H2,1-2H3. The lowest BCUT2D eigenvalue weighted by molar-refractivity contribution is 0.529. The van der Waals surface area contributed by atoms with Crippen LogP contribution < -0.4 is 5.32 Å². The van der Waals surface area contributed by atoms with Crippen molar-refractivity contribution < 1.29 is 0 Å². The highest BCUT2D eigenvalue weighted by atomic mass is 32.1. The number of fused-ring (bicyclic) bond motifs is 1. The summed E-state index contributed by atoms with van der Waals surface area (Å²) in [6.07, 6.45) is 6.87. The van der Waals surface area contributed by atoms with Crippen LogP contribution in [0.4, 0.5) is 0 Å². The predicted octanol–water partition coefficient (Wildman–Crippen LogP) is 2.99. The van der Waals surface area contributed by atoms with Crippen LogP contribution >= 0.6 is 11.3 Å². The maximum atomic E-state index is 4.66. The Labute approximate surface area is 122 Å². The highest BCUT2D eigenvalue weighted by Gasteiger charge is 2.16. The Morgan fingerprint density at radius 2 is 2.35 bits per heavy atom. The quantitative estimate of drug-likeness (QED) is 0.784. The molecule has 0 spiro atoms. The zero-order valence-corrected chi connectivity index (χ0v) is 12.5. The molecule has 0 bridgehead atoms. The van der Waals surface area contributed by atoms with Gasteiger partial charge < -0.3 is 5.32 Å². The third-order valence-electron chi connectivity index (χ3n) is 3.39. The Hall–Kier alpha value is -1.72. The van der Waals surface area contributed by atoms with Crippen LogP contribution in [0.15, 0.2) is 36.1 Å². The van der Waals surface area contributed by atoms with Crippen LogP contribution in [0.1, 0.15) is 29.9 Å². The fraction of sp³-hybridized carbons (Fsp3) is 0.333. The topological polar surface area (TPSA) is 42.2 Å². The monoisotopic (exact) mass is 286 g/mol. The lowest BCUT2D eigenvalue weighted by Crippen LogP contribution is -2.24. The van der Waals surface area contributed by atoms with Gasteiger partial charge in [-0.05, 0) is 25.1 Å². The zero-order chi connectivity index (χ0) is 13.9. The molecule has 3 aromatic rings. The van der Waals surface area contributed by atoms with Crippen LogP contribution in [-0.2, 0) is 6.42 Å². The van der Waals surface area contributed by atoms with Gasteiger partial charge >= 0.3 is 0 Å². The molecule has 0 aliphatic carbocycles. The van der Waals surface area contributed by atoms with E-state index < -0.39 is 0 Å². The van der Waals surface area contributed by atoms with Crippen LogP contribution in [0, 0.1) is 6.92 Å². The lowest BCUT2D eigenvalue weighted by atomic mass is 10.0. The molecule has 1 atom stereocenters. The van der Waals surface area contributed by atoms with Crippen LogP contribution in [0.2, 0.25) is 0 Å². The SMILES string of the molecule is CCNC(Cc1cn2ccsc2n1)c1ncccc1C. The van der Waals surface area contributed by atoms with Gasteiger partial charge in [-0.2, -0.15) is 0 Å². The number of nitrogens with one attached hydrogen (secondary N) is 1. The molecule has 0 saturated carbocycles. The Morgan fingerprint density at radius 1 is 1.45 bits per heavy atom. The van der Waals surface area contributed by atoms with Crippen LogP contribution in [0.5, 0.6) is 0 Å². The van der Waals surface area contributed by atoms with E-state index in [0.717, 1.165) is 29.3 Å². The van der Waals surface area contributed by atoms with Crippen molar-refractivity contribution in [1.29, 1.82) is 0 Å². The minimum Gasteiger partial charge on any atom is -0.309 e. The minimum absolute atomic E-state index is 0.214. The molecule has 1 unspecified atom stereocenters. The maximum Gasteiger partial charge on any atom is 0.193 e. The highest BCUT2D eigenvalue weighted by molar-refractivity contribution is 7.15. The number of imidazole rings is 1. The third kappa shape index (κ3) is 2.59. The first-order valence-corrected chi connectivity index (χ1v) is 7.72. The Balaban J connectivity index is 1.87.